The van der Waals surface area contributed by atoms with Crippen LogP contribution in [0, 0.1) is 19.8 Å². The van der Waals surface area contributed by atoms with Gasteiger partial charge in [0.05, 0.1) is 5.92 Å². The van der Waals surface area contributed by atoms with Gasteiger partial charge in [0.2, 0.25) is 15.8 Å². The third-order valence-corrected chi connectivity index (χ3v) is 7.81. The molecule has 0 N–H and O–H groups in total. The van der Waals surface area contributed by atoms with E-state index in [2.05, 4.69) is 5.16 Å². The molecule has 0 radical (unpaired) electrons. The molecule has 0 spiro atoms. The van der Waals surface area contributed by atoms with E-state index < -0.39 is 28.0 Å². The van der Waals surface area contributed by atoms with E-state index in [1.54, 1.807) is 32.9 Å². The summed E-state index contributed by atoms with van der Waals surface area (Å²) >= 11 is 0. The van der Waals surface area contributed by atoms with Crippen molar-refractivity contribution in [1.82, 2.24) is 9.46 Å². The summed E-state index contributed by atoms with van der Waals surface area (Å²) < 4.78 is 37.5. The van der Waals surface area contributed by atoms with Gasteiger partial charge in [0.25, 0.3) is 0 Å². The normalized spacial score (nSPS) is 16.8. The molecule has 0 saturated carbocycles. The molecule has 2 heterocycles. The first-order valence-corrected chi connectivity index (χ1v) is 11.9. The van der Waals surface area contributed by atoms with E-state index in [4.69, 9.17) is 9.26 Å². The molecule has 3 rings (SSSR count). The number of sulfonamides is 1. The van der Waals surface area contributed by atoms with Gasteiger partial charge < -0.3 is 9.26 Å². The van der Waals surface area contributed by atoms with Gasteiger partial charge in [-0.25, -0.2) is 8.42 Å². The van der Waals surface area contributed by atoms with Gasteiger partial charge in [0.15, 0.2) is 11.9 Å². The lowest BCUT2D eigenvalue weighted by Crippen LogP contribution is -2.41. The largest absolute Gasteiger partial charge is 0.454 e. The molecule has 8 nitrogen and oxygen atoms in total. The lowest BCUT2D eigenvalue weighted by Gasteiger charge is -2.30. The average molecular weight is 449 g/mol. The number of carbonyl (C=O) groups excluding carboxylic acids is 2. The molecule has 0 aliphatic carbocycles. The topological polar surface area (TPSA) is 107 Å². The summed E-state index contributed by atoms with van der Waals surface area (Å²) in [6.45, 7) is 7.12. The van der Waals surface area contributed by atoms with Crippen LogP contribution in [0.2, 0.25) is 0 Å². The maximum atomic E-state index is 12.9. The second-order valence-electron chi connectivity index (χ2n) is 7.83. The summed E-state index contributed by atoms with van der Waals surface area (Å²) in [5.41, 5.74) is 1.94. The lowest BCUT2D eigenvalue weighted by atomic mass is 9.98. The van der Waals surface area contributed by atoms with Gasteiger partial charge >= 0.3 is 5.97 Å². The summed E-state index contributed by atoms with van der Waals surface area (Å²) in [6, 6.07) is 7.25. The Labute approximate surface area is 182 Å². The molecule has 31 heavy (non-hydrogen) atoms. The van der Waals surface area contributed by atoms with Crippen LogP contribution in [-0.4, -0.2) is 48.8 Å². The molecule has 1 aromatic carbocycles. The summed E-state index contributed by atoms with van der Waals surface area (Å²) in [5, 5.41) is 3.72. The van der Waals surface area contributed by atoms with Crippen molar-refractivity contribution in [3.8, 4) is 0 Å². The third kappa shape index (κ3) is 4.88. The van der Waals surface area contributed by atoms with Crippen LogP contribution in [0.15, 0.2) is 33.7 Å². The number of esters is 1. The highest BCUT2D eigenvalue weighted by Crippen LogP contribution is 2.28. The number of hydrogen-bond acceptors (Lipinski definition) is 7. The average Bonchev–Trinajstić information content (AvgIpc) is 3.11. The van der Waals surface area contributed by atoms with Crippen LogP contribution in [-0.2, 0) is 26.0 Å². The van der Waals surface area contributed by atoms with Crippen LogP contribution in [0.3, 0.4) is 0 Å². The van der Waals surface area contributed by atoms with Crippen molar-refractivity contribution in [1.29, 1.82) is 0 Å². The summed E-state index contributed by atoms with van der Waals surface area (Å²) in [7, 11) is -3.74. The minimum atomic E-state index is -3.74. The van der Waals surface area contributed by atoms with Gasteiger partial charge in [-0.15, -0.1) is 0 Å². The van der Waals surface area contributed by atoms with Crippen LogP contribution >= 0.6 is 0 Å². The van der Waals surface area contributed by atoms with Crippen LogP contribution < -0.4 is 0 Å². The molecule has 0 bridgehead atoms. The van der Waals surface area contributed by atoms with E-state index in [9.17, 15) is 18.0 Å². The summed E-state index contributed by atoms with van der Waals surface area (Å²) in [6.07, 6.45) is 0.633. The number of ether oxygens (including phenoxy) is 1. The maximum Gasteiger partial charge on any atom is 0.309 e. The van der Waals surface area contributed by atoms with Crippen LogP contribution in [0.1, 0.15) is 54.1 Å². The molecule has 0 amide bonds. The Bertz CT molecular complexity index is 1030. The number of piperidine rings is 1. The lowest BCUT2D eigenvalue weighted by molar-refractivity contribution is -0.152. The number of rotatable bonds is 7. The highest BCUT2D eigenvalue weighted by atomic mass is 32.2. The number of nitrogens with zero attached hydrogens (tertiary/aromatic N) is 2. The summed E-state index contributed by atoms with van der Waals surface area (Å²) in [5.74, 6) is -0.929. The number of ketones is 1. The Balaban J connectivity index is 1.58. The summed E-state index contributed by atoms with van der Waals surface area (Å²) in [4.78, 5) is 25.2. The Morgan fingerprint density at radius 2 is 1.81 bits per heavy atom. The van der Waals surface area contributed by atoms with Crippen molar-refractivity contribution in [2.45, 2.75) is 58.0 Å². The maximum absolute atomic E-state index is 12.9. The highest BCUT2D eigenvalue weighted by molar-refractivity contribution is 7.89. The van der Waals surface area contributed by atoms with Gasteiger partial charge in [0, 0.05) is 18.7 Å². The van der Waals surface area contributed by atoms with Gasteiger partial charge in [-0.2, -0.15) is 4.31 Å². The number of hydrogen-bond donors (Lipinski definition) is 0. The second-order valence-corrected chi connectivity index (χ2v) is 9.70. The zero-order valence-electron chi connectivity index (χ0n) is 18.3. The Morgan fingerprint density at radius 1 is 1.19 bits per heavy atom. The fourth-order valence-corrected chi connectivity index (χ4v) is 5.53. The smallest absolute Gasteiger partial charge is 0.309 e. The molecule has 1 atom stereocenters. The monoisotopic (exact) mass is 448 g/mol. The van der Waals surface area contributed by atoms with E-state index in [0.717, 1.165) is 12.0 Å². The third-order valence-electron chi connectivity index (χ3n) is 5.66. The fraction of sp³-hybridized carbons (Fsp3) is 0.500. The Morgan fingerprint density at radius 3 is 2.32 bits per heavy atom. The van der Waals surface area contributed by atoms with E-state index >= 15 is 0 Å². The molecule has 1 aliphatic heterocycles. The molecule has 2 aromatic rings. The van der Waals surface area contributed by atoms with Crippen molar-refractivity contribution in [2.75, 3.05) is 13.1 Å². The van der Waals surface area contributed by atoms with Crippen LogP contribution in [0.25, 0.3) is 0 Å². The number of aryl methyl sites for hydroxylation is 3. The van der Waals surface area contributed by atoms with Gasteiger partial charge in [0.1, 0.15) is 10.6 Å². The van der Waals surface area contributed by atoms with Crippen LogP contribution in [0.4, 0.5) is 0 Å². The van der Waals surface area contributed by atoms with E-state index in [0.29, 0.717) is 24.1 Å². The SMILES string of the molecule is CCc1ccc(C(=O)C(C)OC(=O)C2CCN(S(=O)(=O)c3c(C)noc3C)CC2)cc1. The number of benzene rings is 1. The van der Waals surface area contributed by atoms with Crippen molar-refractivity contribution >= 4 is 21.8 Å². The van der Waals surface area contributed by atoms with Crippen molar-refractivity contribution in [3.63, 3.8) is 0 Å². The van der Waals surface area contributed by atoms with Gasteiger partial charge in [-0.3, -0.25) is 9.59 Å². The van der Waals surface area contributed by atoms with E-state index in [1.165, 1.54) is 4.31 Å². The fourth-order valence-electron chi connectivity index (χ4n) is 3.77. The van der Waals surface area contributed by atoms with Gasteiger partial charge in [-0.05, 0) is 45.6 Å². The molecule has 1 unspecified atom stereocenters. The first-order chi connectivity index (χ1) is 14.6. The predicted molar refractivity (Wildman–Crippen MR) is 113 cm³/mol. The zero-order chi connectivity index (χ0) is 22.8. The molecule has 1 saturated heterocycles. The molecule has 168 valence electrons. The quantitative estimate of drug-likeness (QED) is 0.473. The predicted octanol–water partition coefficient (Wildman–Crippen LogP) is 3.07. The van der Waals surface area contributed by atoms with Crippen molar-refractivity contribution in [3.05, 3.63) is 46.8 Å². The number of carbonyl (C=O) groups is 2. The van der Waals surface area contributed by atoms with E-state index in [1.807, 2.05) is 19.1 Å². The molecular formula is C22H28N2O6S. The highest BCUT2D eigenvalue weighted by Gasteiger charge is 2.36. The zero-order valence-corrected chi connectivity index (χ0v) is 19.1. The van der Waals surface area contributed by atoms with Crippen molar-refractivity contribution in [2.24, 2.45) is 5.92 Å². The van der Waals surface area contributed by atoms with Crippen LogP contribution in [0.5, 0.6) is 0 Å². The molecule has 1 aliphatic rings. The molecule has 9 heteroatoms. The minimum absolute atomic E-state index is 0.0850. The van der Waals surface area contributed by atoms with Crippen molar-refractivity contribution < 1.29 is 27.3 Å². The first kappa shape index (κ1) is 23.1. The second kappa shape index (κ2) is 9.32. The number of aromatic nitrogens is 1. The number of Topliss-reactive ketones (excluding diaryl/α,β-unsaturated/α-hetero) is 1. The standard InChI is InChI=1S/C22H28N2O6S/c1-5-17-6-8-18(9-7-17)20(25)15(3)29-22(26)19-10-12-24(13-11-19)31(27,28)21-14(2)23-30-16(21)4/h6-9,15,19H,5,10-13H2,1-4H3. The Kier molecular flexibility index (Phi) is 6.96. The molecule has 1 aromatic heterocycles. The first-order valence-electron chi connectivity index (χ1n) is 10.4. The molecular weight excluding hydrogens is 420 g/mol. The molecule has 1 fully saturated rings. The van der Waals surface area contributed by atoms with Gasteiger partial charge in [-0.1, -0.05) is 36.3 Å². The minimum Gasteiger partial charge on any atom is -0.454 e. The van der Waals surface area contributed by atoms with E-state index in [-0.39, 0.29) is 29.5 Å². The Hall–Kier alpha value is -2.52.